The number of nitrogens with two attached hydrogens (primary N) is 1. The van der Waals surface area contributed by atoms with E-state index in [1.165, 1.54) is 25.6 Å². The van der Waals surface area contributed by atoms with Gasteiger partial charge in [0, 0.05) is 11.8 Å². The molecule has 1 aliphatic rings. The van der Waals surface area contributed by atoms with Crippen LogP contribution in [-0.4, -0.2) is 25.4 Å². The quantitative estimate of drug-likeness (QED) is 0.487. The van der Waals surface area contributed by atoms with Gasteiger partial charge in [-0.2, -0.15) is 0 Å². The molecule has 0 bridgehead atoms. The summed E-state index contributed by atoms with van der Waals surface area (Å²) in [7, 11) is -2.18. The van der Waals surface area contributed by atoms with Crippen LogP contribution in [0.4, 0.5) is 4.39 Å². The molecule has 1 saturated carbocycles. The lowest BCUT2D eigenvalue weighted by atomic mass is 9.82. The summed E-state index contributed by atoms with van der Waals surface area (Å²) in [5.41, 5.74) is 7.89. The average molecular weight is 459 g/mol. The molecule has 0 radical (unpaired) electrons. The van der Waals surface area contributed by atoms with E-state index in [-0.39, 0.29) is 4.90 Å². The minimum atomic E-state index is -3.54. The molecule has 170 valence electrons. The minimum Gasteiger partial charge on any atom is -0.457 e. The van der Waals surface area contributed by atoms with Gasteiger partial charge < -0.3 is 15.5 Å². The molecule has 1 aromatic heterocycles. The monoisotopic (exact) mass is 458 g/mol. The second-order valence-electron chi connectivity index (χ2n) is 8.10. The van der Waals surface area contributed by atoms with Crippen LogP contribution in [0.3, 0.4) is 0 Å². The Hall–Kier alpha value is -2.75. The van der Waals surface area contributed by atoms with E-state index in [0.717, 1.165) is 31.5 Å². The van der Waals surface area contributed by atoms with Crippen LogP contribution in [0.25, 0.3) is 11.3 Å². The lowest BCUT2D eigenvalue weighted by Gasteiger charge is -2.31. The molecule has 0 saturated heterocycles. The summed E-state index contributed by atoms with van der Waals surface area (Å²) in [5, 5.41) is 0. The number of nitrogens with zero attached hydrogens (tertiary/aromatic N) is 1. The molecule has 1 aliphatic carbocycles. The maximum atomic E-state index is 13.4. The van der Waals surface area contributed by atoms with Crippen molar-refractivity contribution in [3.05, 3.63) is 60.0 Å². The number of rotatable bonds is 7. The molecule has 0 atom stereocenters. The van der Waals surface area contributed by atoms with Gasteiger partial charge in [-0.3, -0.25) is 0 Å². The van der Waals surface area contributed by atoms with Crippen molar-refractivity contribution >= 4 is 10.0 Å². The van der Waals surface area contributed by atoms with Gasteiger partial charge in [0.05, 0.1) is 16.1 Å². The fourth-order valence-corrected chi connectivity index (χ4v) is 4.75. The van der Waals surface area contributed by atoms with Crippen LogP contribution in [0.2, 0.25) is 0 Å². The number of ether oxygens (including phenoxy) is 1. The van der Waals surface area contributed by atoms with Crippen molar-refractivity contribution in [2.24, 2.45) is 5.73 Å². The lowest BCUT2D eigenvalue weighted by molar-refractivity contribution is 0.289. The number of hydrogen-bond acceptors (Lipinski definition) is 5. The molecular formula is C23H27FN4O3S. The summed E-state index contributed by atoms with van der Waals surface area (Å²) in [6, 6.07) is 11.1. The summed E-state index contributed by atoms with van der Waals surface area (Å²) in [4.78, 5) is 8.09. The summed E-state index contributed by atoms with van der Waals surface area (Å²) >= 11 is 0. The molecule has 4 rings (SSSR count). The number of nitrogens with one attached hydrogen (secondary N) is 2. The first-order chi connectivity index (χ1) is 15.3. The fraction of sp³-hybridized carbons (Fsp3) is 0.348. The van der Waals surface area contributed by atoms with E-state index in [4.69, 9.17) is 15.5 Å². The number of hydrogen-bond donors (Lipinski definition) is 3. The maximum Gasteiger partial charge on any atom is 0.240 e. The topological polar surface area (TPSA) is 110 Å². The van der Waals surface area contributed by atoms with E-state index < -0.39 is 22.2 Å². The van der Waals surface area contributed by atoms with Crippen LogP contribution in [0, 0.1) is 0 Å². The lowest BCUT2D eigenvalue weighted by Crippen LogP contribution is -2.39. The third-order valence-corrected chi connectivity index (χ3v) is 7.33. The van der Waals surface area contributed by atoms with Gasteiger partial charge in [-0.1, -0.05) is 25.3 Å². The third kappa shape index (κ3) is 4.55. The predicted molar refractivity (Wildman–Crippen MR) is 121 cm³/mol. The Labute approximate surface area is 187 Å². The third-order valence-electron chi connectivity index (χ3n) is 5.90. The van der Waals surface area contributed by atoms with E-state index in [0.29, 0.717) is 28.3 Å². The van der Waals surface area contributed by atoms with E-state index in [1.54, 1.807) is 36.5 Å². The second kappa shape index (κ2) is 9.01. The van der Waals surface area contributed by atoms with Gasteiger partial charge in [0.1, 0.15) is 24.0 Å². The fourth-order valence-electron chi connectivity index (χ4n) is 4.02. The van der Waals surface area contributed by atoms with Gasteiger partial charge in [-0.15, -0.1) is 0 Å². The molecule has 0 amide bonds. The van der Waals surface area contributed by atoms with Crippen LogP contribution >= 0.6 is 0 Å². The van der Waals surface area contributed by atoms with Crippen LogP contribution in [-0.2, 0) is 22.2 Å². The zero-order valence-corrected chi connectivity index (χ0v) is 18.7. The highest BCUT2D eigenvalue weighted by Gasteiger charge is 2.32. The van der Waals surface area contributed by atoms with Crippen LogP contribution in [0.15, 0.2) is 53.6 Å². The van der Waals surface area contributed by atoms with Crippen LogP contribution in [0.1, 0.15) is 43.5 Å². The molecule has 7 nitrogen and oxygen atoms in total. The van der Waals surface area contributed by atoms with Gasteiger partial charge >= 0.3 is 0 Å². The van der Waals surface area contributed by atoms with Gasteiger partial charge in [0.2, 0.25) is 10.0 Å². The van der Waals surface area contributed by atoms with Gasteiger partial charge in [-0.05, 0) is 61.9 Å². The molecule has 32 heavy (non-hydrogen) atoms. The standard InChI is InChI=1S/C23H27FN4O3S/c1-26-32(29,30)18-8-6-17(7-9-18)31-21-10-5-16(14-24)13-19(21)20-15-27-22(28-20)23(25)11-3-2-4-12-23/h5-10,13,15,26H,2-4,11-12,14,25H2,1H3,(H,27,28). The zero-order valence-electron chi connectivity index (χ0n) is 17.9. The molecule has 0 spiro atoms. The number of aromatic amines is 1. The molecule has 0 aliphatic heterocycles. The largest absolute Gasteiger partial charge is 0.457 e. The Morgan fingerprint density at radius 3 is 2.53 bits per heavy atom. The summed E-state index contributed by atoms with van der Waals surface area (Å²) < 4.78 is 45.5. The number of halogens is 1. The Morgan fingerprint density at radius 1 is 1.16 bits per heavy atom. The summed E-state index contributed by atoms with van der Waals surface area (Å²) in [5.74, 6) is 1.66. The Bertz CT molecular complexity index is 1190. The molecule has 4 N–H and O–H groups in total. The highest BCUT2D eigenvalue weighted by molar-refractivity contribution is 7.89. The SMILES string of the molecule is CNS(=O)(=O)c1ccc(Oc2ccc(CF)cc2-c2c[nH]c(C3(N)CCCCC3)n2)cc1. The Morgan fingerprint density at radius 2 is 1.88 bits per heavy atom. The summed E-state index contributed by atoms with van der Waals surface area (Å²) in [6.07, 6.45) is 6.82. The molecule has 9 heteroatoms. The average Bonchev–Trinajstić information content (AvgIpc) is 3.31. The molecule has 2 aromatic carbocycles. The normalized spacial score (nSPS) is 16.1. The van der Waals surface area contributed by atoms with Crippen molar-refractivity contribution in [3.8, 4) is 22.8 Å². The number of benzene rings is 2. The van der Waals surface area contributed by atoms with Crippen molar-refractivity contribution in [2.75, 3.05) is 7.05 Å². The van der Waals surface area contributed by atoms with Gasteiger partial charge in [0.15, 0.2) is 0 Å². The van der Waals surface area contributed by atoms with E-state index in [2.05, 4.69) is 9.71 Å². The van der Waals surface area contributed by atoms with E-state index in [9.17, 15) is 12.8 Å². The first-order valence-electron chi connectivity index (χ1n) is 10.6. The van der Waals surface area contributed by atoms with E-state index in [1.807, 2.05) is 0 Å². The molecule has 1 heterocycles. The summed E-state index contributed by atoms with van der Waals surface area (Å²) in [6.45, 7) is -0.609. The Kier molecular flexibility index (Phi) is 6.32. The number of imidazole rings is 1. The van der Waals surface area contributed by atoms with Crippen molar-refractivity contribution in [3.63, 3.8) is 0 Å². The molecule has 0 unspecified atom stereocenters. The molecule has 1 fully saturated rings. The van der Waals surface area contributed by atoms with Crippen LogP contribution in [0.5, 0.6) is 11.5 Å². The number of alkyl halides is 1. The number of sulfonamides is 1. The van der Waals surface area contributed by atoms with Crippen molar-refractivity contribution < 1.29 is 17.5 Å². The van der Waals surface area contributed by atoms with Gasteiger partial charge in [-0.25, -0.2) is 22.5 Å². The van der Waals surface area contributed by atoms with Crippen molar-refractivity contribution in [2.45, 2.75) is 49.2 Å². The molecule has 3 aromatic rings. The minimum absolute atomic E-state index is 0.137. The molecular weight excluding hydrogens is 431 g/mol. The second-order valence-corrected chi connectivity index (χ2v) is 9.98. The highest BCUT2D eigenvalue weighted by atomic mass is 32.2. The first kappa shape index (κ1) is 22.4. The predicted octanol–water partition coefficient (Wildman–Crippen LogP) is 4.36. The van der Waals surface area contributed by atoms with Crippen molar-refractivity contribution in [1.29, 1.82) is 0 Å². The maximum absolute atomic E-state index is 13.4. The van der Waals surface area contributed by atoms with Gasteiger partial charge in [0.25, 0.3) is 0 Å². The number of H-pyrrole nitrogens is 1. The zero-order chi connectivity index (χ0) is 22.8. The first-order valence-corrected chi connectivity index (χ1v) is 12.1. The number of aromatic nitrogens is 2. The van der Waals surface area contributed by atoms with Crippen molar-refractivity contribution in [1.82, 2.24) is 14.7 Å². The van der Waals surface area contributed by atoms with Crippen LogP contribution < -0.4 is 15.2 Å². The Balaban J connectivity index is 1.65. The van der Waals surface area contributed by atoms with E-state index >= 15 is 0 Å². The highest BCUT2D eigenvalue weighted by Crippen LogP contribution is 2.37. The smallest absolute Gasteiger partial charge is 0.240 e.